The summed E-state index contributed by atoms with van der Waals surface area (Å²) in [6.07, 6.45) is 1.59. The van der Waals surface area contributed by atoms with Gasteiger partial charge in [-0.15, -0.1) is 0 Å². The number of methoxy groups -OCH3 is 1. The van der Waals surface area contributed by atoms with E-state index in [1.54, 1.807) is 21.7 Å². The number of carbonyl (C=O) groups excluding carboxylic acids is 2. The Morgan fingerprint density at radius 1 is 1.26 bits per heavy atom. The van der Waals surface area contributed by atoms with Crippen molar-refractivity contribution in [1.82, 2.24) is 14.7 Å². The van der Waals surface area contributed by atoms with Crippen molar-refractivity contribution in [3.05, 3.63) is 29.5 Å². The highest BCUT2D eigenvalue weighted by molar-refractivity contribution is 5.95. The van der Waals surface area contributed by atoms with Gasteiger partial charge in [-0.05, 0) is 45.7 Å². The van der Waals surface area contributed by atoms with Gasteiger partial charge < -0.3 is 14.4 Å². The van der Waals surface area contributed by atoms with Crippen LogP contribution in [0.15, 0.2) is 18.2 Å². The Kier molecular flexibility index (Phi) is 5.13. The Morgan fingerprint density at radius 3 is 2.67 bits per heavy atom. The number of rotatable bonds is 2. The number of fused-ring (bicyclic) bond motifs is 1. The fourth-order valence-electron chi connectivity index (χ4n) is 3.52. The molecule has 1 aliphatic heterocycles. The van der Waals surface area contributed by atoms with E-state index in [1.807, 2.05) is 33.9 Å². The summed E-state index contributed by atoms with van der Waals surface area (Å²) in [5.74, 6) is -0.229. The molecule has 1 aromatic carbocycles. The van der Waals surface area contributed by atoms with E-state index < -0.39 is 5.60 Å². The van der Waals surface area contributed by atoms with Crippen molar-refractivity contribution in [3.63, 3.8) is 0 Å². The third-order valence-electron chi connectivity index (χ3n) is 4.76. The Labute approximate surface area is 159 Å². The van der Waals surface area contributed by atoms with Gasteiger partial charge in [0.2, 0.25) is 0 Å². The molecule has 1 aromatic heterocycles. The molecule has 0 saturated carbocycles. The molecule has 27 heavy (non-hydrogen) atoms. The topological polar surface area (TPSA) is 73.7 Å². The van der Waals surface area contributed by atoms with Gasteiger partial charge in [-0.25, -0.2) is 9.59 Å². The Bertz CT molecular complexity index is 866. The molecule has 0 bridgehead atoms. The molecule has 2 heterocycles. The number of hydrogen-bond donors (Lipinski definition) is 0. The number of carbonyl (C=O) groups is 2. The standard InChI is InChI=1S/C20H27N3O4/c1-20(2,3)27-19(25)23-10-6-7-14(12-23)17-15-9-8-13(18(24)26-5)11-16(15)22(4)21-17/h8-9,11,14H,6-7,10,12H2,1-5H3. The predicted molar refractivity (Wildman–Crippen MR) is 102 cm³/mol. The van der Waals surface area contributed by atoms with Crippen LogP contribution < -0.4 is 0 Å². The number of esters is 1. The van der Waals surface area contributed by atoms with Gasteiger partial charge in [-0.3, -0.25) is 4.68 Å². The molecule has 7 heteroatoms. The van der Waals surface area contributed by atoms with Crippen molar-refractivity contribution in [2.45, 2.75) is 45.1 Å². The molecule has 1 fully saturated rings. The molecule has 3 rings (SSSR count). The zero-order valence-corrected chi connectivity index (χ0v) is 16.6. The molecule has 1 atom stereocenters. The van der Waals surface area contributed by atoms with Crippen LogP contribution in [0.4, 0.5) is 4.79 Å². The van der Waals surface area contributed by atoms with Crippen LogP contribution >= 0.6 is 0 Å². The molecule has 1 amide bonds. The number of aromatic nitrogens is 2. The largest absolute Gasteiger partial charge is 0.465 e. The fourth-order valence-corrected chi connectivity index (χ4v) is 3.52. The predicted octanol–water partition coefficient (Wildman–Crippen LogP) is 3.47. The minimum atomic E-state index is -0.508. The summed E-state index contributed by atoms with van der Waals surface area (Å²) in [6, 6.07) is 5.47. The van der Waals surface area contributed by atoms with Gasteiger partial charge >= 0.3 is 12.1 Å². The first-order chi connectivity index (χ1) is 12.7. The number of likely N-dealkylation sites (tertiary alicyclic amines) is 1. The lowest BCUT2D eigenvalue weighted by Crippen LogP contribution is -2.42. The Balaban J connectivity index is 1.86. The van der Waals surface area contributed by atoms with Gasteiger partial charge in [0.1, 0.15) is 5.60 Å². The minimum absolute atomic E-state index is 0.138. The summed E-state index contributed by atoms with van der Waals surface area (Å²) >= 11 is 0. The molecule has 0 aliphatic carbocycles. The monoisotopic (exact) mass is 373 g/mol. The second kappa shape index (κ2) is 7.21. The summed E-state index contributed by atoms with van der Waals surface area (Å²) in [6.45, 7) is 6.90. The van der Waals surface area contributed by atoms with E-state index in [9.17, 15) is 9.59 Å². The highest BCUT2D eigenvalue weighted by Gasteiger charge is 2.30. The van der Waals surface area contributed by atoms with Crippen LogP contribution in [-0.4, -0.2) is 52.5 Å². The van der Waals surface area contributed by atoms with Crippen molar-refractivity contribution in [3.8, 4) is 0 Å². The average Bonchev–Trinajstić information content (AvgIpc) is 2.96. The normalized spacial score (nSPS) is 17.8. The fraction of sp³-hybridized carbons (Fsp3) is 0.550. The van der Waals surface area contributed by atoms with Gasteiger partial charge in [-0.2, -0.15) is 5.10 Å². The van der Waals surface area contributed by atoms with Crippen LogP contribution in [0.5, 0.6) is 0 Å². The summed E-state index contributed by atoms with van der Waals surface area (Å²) in [4.78, 5) is 26.0. The van der Waals surface area contributed by atoms with Crippen molar-refractivity contribution < 1.29 is 19.1 Å². The van der Waals surface area contributed by atoms with E-state index in [4.69, 9.17) is 14.6 Å². The van der Waals surface area contributed by atoms with Crippen LogP contribution in [0.2, 0.25) is 0 Å². The van der Waals surface area contributed by atoms with Crippen molar-refractivity contribution in [2.24, 2.45) is 7.05 Å². The molecule has 1 saturated heterocycles. The number of nitrogens with zero attached hydrogens (tertiary/aromatic N) is 3. The highest BCUT2D eigenvalue weighted by Crippen LogP contribution is 2.32. The van der Waals surface area contributed by atoms with Gasteiger partial charge in [0.05, 0.1) is 23.9 Å². The lowest BCUT2D eigenvalue weighted by Gasteiger charge is -2.33. The maximum absolute atomic E-state index is 12.4. The summed E-state index contributed by atoms with van der Waals surface area (Å²) in [5.41, 5.74) is 1.82. The van der Waals surface area contributed by atoms with E-state index in [0.717, 1.165) is 29.4 Å². The quantitative estimate of drug-likeness (QED) is 0.754. The molecule has 146 valence electrons. The Hall–Kier alpha value is -2.57. The molecule has 7 nitrogen and oxygen atoms in total. The molecule has 1 aliphatic rings. The minimum Gasteiger partial charge on any atom is -0.465 e. The Morgan fingerprint density at radius 2 is 2.00 bits per heavy atom. The summed E-state index contributed by atoms with van der Waals surface area (Å²) < 4.78 is 12.1. The number of aryl methyl sites for hydroxylation is 1. The number of amides is 1. The van der Waals surface area contributed by atoms with Gasteiger partial charge in [0, 0.05) is 31.4 Å². The molecular formula is C20H27N3O4. The zero-order valence-electron chi connectivity index (χ0n) is 16.6. The highest BCUT2D eigenvalue weighted by atomic mass is 16.6. The maximum atomic E-state index is 12.4. The third-order valence-corrected chi connectivity index (χ3v) is 4.76. The second-order valence-electron chi connectivity index (χ2n) is 8.00. The van der Waals surface area contributed by atoms with E-state index in [1.165, 1.54) is 7.11 Å². The summed E-state index contributed by atoms with van der Waals surface area (Å²) in [7, 11) is 3.23. The molecule has 2 aromatic rings. The number of piperidine rings is 1. The number of hydrogen-bond acceptors (Lipinski definition) is 5. The van der Waals surface area contributed by atoms with Gasteiger partial charge in [0.15, 0.2) is 0 Å². The smallest absolute Gasteiger partial charge is 0.410 e. The van der Waals surface area contributed by atoms with E-state index in [0.29, 0.717) is 18.7 Å². The zero-order chi connectivity index (χ0) is 19.8. The van der Waals surface area contributed by atoms with Crippen molar-refractivity contribution in [2.75, 3.05) is 20.2 Å². The molecular weight excluding hydrogens is 346 g/mol. The van der Waals surface area contributed by atoms with Crippen molar-refractivity contribution >= 4 is 23.0 Å². The summed E-state index contributed by atoms with van der Waals surface area (Å²) in [5, 5.41) is 5.69. The average molecular weight is 373 g/mol. The first kappa shape index (κ1) is 19.2. The van der Waals surface area contributed by atoms with Crippen molar-refractivity contribution in [1.29, 1.82) is 0 Å². The van der Waals surface area contributed by atoms with E-state index in [2.05, 4.69) is 0 Å². The molecule has 0 N–H and O–H groups in total. The number of ether oxygens (including phenoxy) is 2. The van der Waals surface area contributed by atoms with E-state index in [-0.39, 0.29) is 18.0 Å². The molecule has 0 spiro atoms. The van der Waals surface area contributed by atoms with Crippen LogP contribution in [0, 0.1) is 0 Å². The number of benzene rings is 1. The first-order valence-electron chi connectivity index (χ1n) is 9.22. The molecule has 1 unspecified atom stereocenters. The van der Waals surface area contributed by atoms with Gasteiger partial charge in [-0.1, -0.05) is 6.07 Å². The third kappa shape index (κ3) is 4.07. The van der Waals surface area contributed by atoms with Crippen LogP contribution in [0.3, 0.4) is 0 Å². The second-order valence-corrected chi connectivity index (χ2v) is 8.00. The van der Waals surface area contributed by atoms with Crippen LogP contribution in [-0.2, 0) is 16.5 Å². The van der Waals surface area contributed by atoms with Crippen LogP contribution in [0.25, 0.3) is 10.9 Å². The SMILES string of the molecule is COC(=O)c1ccc2c(C3CCCN(C(=O)OC(C)(C)C)C3)nn(C)c2c1. The van der Waals surface area contributed by atoms with E-state index >= 15 is 0 Å². The van der Waals surface area contributed by atoms with Crippen LogP contribution in [0.1, 0.15) is 55.6 Å². The maximum Gasteiger partial charge on any atom is 0.410 e. The first-order valence-corrected chi connectivity index (χ1v) is 9.22. The lowest BCUT2D eigenvalue weighted by molar-refractivity contribution is 0.0197. The van der Waals surface area contributed by atoms with Gasteiger partial charge in [0.25, 0.3) is 0 Å². The molecule has 0 radical (unpaired) electrons. The lowest BCUT2D eigenvalue weighted by atomic mass is 9.93.